The van der Waals surface area contributed by atoms with E-state index in [0.717, 1.165) is 22.7 Å². The highest BCUT2D eigenvalue weighted by Crippen LogP contribution is 2.22. The van der Waals surface area contributed by atoms with Crippen LogP contribution in [0.15, 0.2) is 30.5 Å². The maximum absolute atomic E-state index is 5.33. The molecule has 4 N–H and O–H groups in total. The van der Waals surface area contributed by atoms with Gasteiger partial charge in [-0.3, -0.25) is 5.43 Å². The summed E-state index contributed by atoms with van der Waals surface area (Å²) in [4.78, 5) is 8.36. The van der Waals surface area contributed by atoms with Gasteiger partial charge in [0.15, 0.2) is 0 Å². The van der Waals surface area contributed by atoms with E-state index < -0.39 is 0 Å². The Balaban J connectivity index is 2.15. The SMILES string of the molecule is COc1ccc(C(C)Nc2nc(NN)ncc2C)cc1. The lowest BCUT2D eigenvalue weighted by molar-refractivity contribution is 0.414. The molecule has 6 nitrogen and oxygen atoms in total. The van der Waals surface area contributed by atoms with Crippen LogP contribution in [0.25, 0.3) is 0 Å². The minimum absolute atomic E-state index is 0.111. The van der Waals surface area contributed by atoms with Crippen LogP contribution >= 0.6 is 0 Å². The molecule has 1 heterocycles. The highest BCUT2D eigenvalue weighted by atomic mass is 16.5. The Kier molecular flexibility index (Phi) is 4.37. The number of hydrogen-bond acceptors (Lipinski definition) is 6. The first kappa shape index (κ1) is 14.1. The van der Waals surface area contributed by atoms with Crippen LogP contribution in [-0.2, 0) is 0 Å². The first-order valence-electron chi connectivity index (χ1n) is 6.34. The fourth-order valence-electron chi connectivity index (χ4n) is 1.84. The molecule has 1 aromatic carbocycles. The molecule has 2 aromatic rings. The number of methoxy groups -OCH3 is 1. The molecule has 2 rings (SSSR count). The number of rotatable bonds is 5. The molecule has 6 heteroatoms. The lowest BCUT2D eigenvalue weighted by Crippen LogP contribution is -2.14. The van der Waals surface area contributed by atoms with Crippen molar-refractivity contribution in [2.45, 2.75) is 19.9 Å². The van der Waals surface area contributed by atoms with Gasteiger partial charge < -0.3 is 10.1 Å². The van der Waals surface area contributed by atoms with Crippen LogP contribution in [-0.4, -0.2) is 17.1 Å². The molecule has 0 amide bonds. The fourth-order valence-corrected chi connectivity index (χ4v) is 1.84. The van der Waals surface area contributed by atoms with E-state index in [1.807, 2.05) is 31.2 Å². The van der Waals surface area contributed by atoms with Crippen molar-refractivity contribution in [2.24, 2.45) is 5.84 Å². The summed E-state index contributed by atoms with van der Waals surface area (Å²) < 4.78 is 5.15. The number of anilines is 2. The molecular weight excluding hydrogens is 254 g/mol. The summed E-state index contributed by atoms with van der Waals surface area (Å²) in [5.41, 5.74) is 4.55. The van der Waals surface area contributed by atoms with Gasteiger partial charge in [0.2, 0.25) is 5.95 Å². The summed E-state index contributed by atoms with van der Waals surface area (Å²) in [6.45, 7) is 4.02. The first-order chi connectivity index (χ1) is 9.63. The number of nitrogens with one attached hydrogen (secondary N) is 2. The summed E-state index contributed by atoms with van der Waals surface area (Å²) in [5.74, 6) is 7.32. The topological polar surface area (TPSA) is 85.1 Å². The maximum Gasteiger partial charge on any atom is 0.239 e. The van der Waals surface area contributed by atoms with E-state index in [4.69, 9.17) is 10.6 Å². The smallest absolute Gasteiger partial charge is 0.239 e. The summed E-state index contributed by atoms with van der Waals surface area (Å²) >= 11 is 0. The van der Waals surface area contributed by atoms with Crippen LogP contribution in [0, 0.1) is 6.92 Å². The van der Waals surface area contributed by atoms with Crippen LogP contribution in [0.3, 0.4) is 0 Å². The molecule has 0 fully saturated rings. The second-order valence-corrected chi connectivity index (χ2v) is 4.51. The summed E-state index contributed by atoms with van der Waals surface area (Å²) in [5, 5.41) is 3.35. The van der Waals surface area contributed by atoms with Gasteiger partial charge in [-0.2, -0.15) is 4.98 Å². The Bertz CT molecular complexity index is 570. The zero-order chi connectivity index (χ0) is 14.5. The lowest BCUT2D eigenvalue weighted by Gasteiger charge is -2.17. The fraction of sp³-hybridized carbons (Fsp3) is 0.286. The maximum atomic E-state index is 5.33. The van der Waals surface area contributed by atoms with Gasteiger partial charge in [0, 0.05) is 17.8 Å². The molecule has 20 heavy (non-hydrogen) atoms. The average molecular weight is 273 g/mol. The molecule has 106 valence electrons. The van der Waals surface area contributed by atoms with E-state index in [9.17, 15) is 0 Å². The van der Waals surface area contributed by atoms with Crippen molar-refractivity contribution in [2.75, 3.05) is 17.9 Å². The number of benzene rings is 1. The Morgan fingerprint density at radius 3 is 2.55 bits per heavy atom. The van der Waals surface area contributed by atoms with Crippen molar-refractivity contribution in [1.29, 1.82) is 0 Å². The van der Waals surface area contributed by atoms with E-state index in [1.165, 1.54) is 0 Å². The van der Waals surface area contributed by atoms with E-state index in [2.05, 4.69) is 27.6 Å². The van der Waals surface area contributed by atoms with E-state index in [-0.39, 0.29) is 6.04 Å². The summed E-state index contributed by atoms with van der Waals surface area (Å²) in [6.07, 6.45) is 1.73. The van der Waals surface area contributed by atoms with Crippen LogP contribution in [0.4, 0.5) is 11.8 Å². The molecule has 0 aliphatic heterocycles. The third kappa shape index (κ3) is 3.16. The monoisotopic (exact) mass is 273 g/mol. The largest absolute Gasteiger partial charge is 0.497 e. The summed E-state index contributed by atoms with van der Waals surface area (Å²) in [6, 6.07) is 8.03. The van der Waals surface area contributed by atoms with Crippen molar-refractivity contribution in [3.63, 3.8) is 0 Å². The number of aryl methyl sites for hydroxylation is 1. The molecule has 0 aliphatic carbocycles. The Morgan fingerprint density at radius 2 is 1.95 bits per heavy atom. The van der Waals surface area contributed by atoms with Gasteiger partial charge in [0.05, 0.1) is 7.11 Å². The Hall–Kier alpha value is -2.34. The normalized spacial score (nSPS) is 11.8. The van der Waals surface area contributed by atoms with Gasteiger partial charge >= 0.3 is 0 Å². The van der Waals surface area contributed by atoms with Crippen LogP contribution in [0.1, 0.15) is 24.1 Å². The van der Waals surface area contributed by atoms with Crippen LogP contribution in [0.2, 0.25) is 0 Å². The number of hydrazine groups is 1. The van der Waals surface area contributed by atoms with Crippen molar-refractivity contribution >= 4 is 11.8 Å². The van der Waals surface area contributed by atoms with Crippen molar-refractivity contribution in [3.8, 4) is 5.75 Å². The predicted molar refractivity (Wildman–Crippen MR) is 79.6 cm³/mol. The van der Waals surface area contributed by atoms with Crippen molar-refractivity contribution < 1.29 is 4.74 Å². The third-order valence-corrected chi connectivity index (χ3v) is 3.07. The molecule has 1 aromatic heterocycles. The lowest BCUT2D eigenvalue weighted by atomic mass is 10.1. The second-order valence-electron chi connectivity index (χ2n) is 4.51. The van der Waals surface area contributed by atoms with Crippen LogP contribution < -0.4 is 21.3 Å². The number of nitrogens with zero attached hydrogens (tertiary/aromatic N) is 2. The van der Waals surface area contributed by atoms with Gasteiger partial charge in [-0.15, -0.1) is 0 Å². The zero-order valence-corrected chi connectivity index (χ0v) is 11.8. The van der Waals surface area contributed by atoms with Gasteiger partial charge in [-0.05, 0) is 31.5 Å². The van der Waals surface area contributed by atoms with Gasteiger partial charge in [-0.1, -0.05) is 12.1 Å². The molecule has 0 bridgehead atoms. The Morgan fingerprint density at radius 1 is 1.25 bits per heavy atom. The molecule has 1 unspecified atom stereocenters. The quantitative estimate of drug-likeness (QED) is 0.572. The third-order valence-electron chi connectivity index (χ3n) is 3.07. The average Bonchev–Trinajstić information content (AvgIpc) is 2.49. The number of aromatic nitrogens is 2. The first-order valence-corrected chi connectivity index (χ1v) is 6.34. The van der Waals surface area contributed by atoms with Crippen molar-refractivity contribution in [1.82, 2.24) is 9.97 Å². The molecular formula is C14H19N5O. The highest BCUT2D eigenvalue weighted by Gasteiger charge is 2.09. The van der Waals surface area contributed by atoms with Gasteiger partial charge in [0.25, 0.3) is 0 Å². The van der Waals surface area contributed by atoms with E-state index in [1.54, 1.807) is 13.3 Å². The molecule has 0 saturated carbocycles. The second kappa shape index (κ2) is 6.21. The molecule has 0 aliphatic rings. The van der Waals surface area contributed by atoms with Crippen molar-refractivity contribution in [3.05, 3.63) is 41.6 Å². The molecule has 0 saturated heterocycles. The zero-order valence-electron chi connectivity index (χ0n) is 11.8. The minimum Gasteiger partial charge on any atom is -0.497 e. The number of ether oxygens (including phenoxy) is 1. The van der Waals surface area contributed by atoms with Gasteiger partial charge in [0.1, 0.15) is 11.6 Å². The summed E-state index contributed by atoms with van der Waals surface area (Å²) in [7, 11) is 1.66. The van der Waals surface area contributed by atoms with E-state index in [0.29, 0.717) is 5.95 Å². The molecule has 0 spiro atoms. The number of nitrogens with two attached hydrogens (primary N) is 1. The molecule has 0 radical (unpaired) electrons. The minimum atomic E-state index is 0.111. The van der Waals surface area contributed by atoms with E-state index >= 15 is 0 Å². The predicted octanol–water partition coefficient (Wildman–Crippen LogP) is 2.25. The molecule has 1 atom stereocenters. The number of hydrogen-bond donors (Lipinski definition) is 3. The standard InChI is InChI=1S/C14H19N5O/c1-9-8-16-14(19-15)18-13(9)17-10(2)11-4-6-12(20-3)7-5-11/h4-8,10H,15H2,1-3H3,(H2,16,17,18,19). The highest BCUT2D eigenvalue weighted by molar-refractivity contribution is 5.48. The number of nitrogen functional groups attached to an aromatic ring is 1. The Labute approximate surface area is 118 Å². The van der Waals surface area contributed by atoms with Crippen LogP contribution in [0.5, 0.6) is 5.75 Å². The van der Waals surface area contributed by atoms with Gasteiger partial charge in [-0.25, -0.2) is 10.8 Å².